The van der Waals surface area contributed by atoms with Gasteiger partial charge in [-0.3, -0.25) is 9.59 Å². The second kappa shape index (κ2) is 7.53. The van der Waals surface area contributed by atoms with Crippen molar-refractivity contribution in [3.63, 3.8) is 0 Å². The lowest BCUT2D eigenvalue weighted by Gasteiger charge is -2.16. The Morgan fingerprint density at radius 2 is 1.90 bits per heavy atom. The highest BCUT2D eigenvalue weighted by Crippen LogP contribution is 2.33. The van der Waals surface area contributed by atoms with Gasteiger partial charge in [0.05, 0.1) is 16.9 Å². The highest BCUT2D eigenvalue weighted by atomic mass is 19.4. The third-order valence-electron chi connectivity index (χ3n) is 4.37. The van der Waals surface area contributed by atoms with Crippen LogP contribution in [0.5, 0.6) is 0 Å². The predicted octanol–water partition coefficient (Wildman–Crippen LogP) is 3.09. The van der Waals surface area contributed by atoms with Crippen LogP contribution in [0.2, 0.25) is 0 Å². The number of hydrogen-bond donors (Lipinski definition) is 1. The second-order valence-electron chi connectivity index (χ2n) is 6.41. The molecule has 0 radical (unpaired) electrons. The number of alkyl halides is 3. The Balaban J connectivity index is 1.99. The van der Waals surface area contributed by atoms with Gasteiger partial charge in [0.2, 0.25) is 5.43 Å². The molecular formula is C19H17F3N4O3. The van der Waals surface area contributed by atoms with Crippen LogP contribution < -0.4 is 10.7 Å². The molecule has 2 aromatic heterocycles. The topological polar surface area (TPSA) is 90.0 Å². The minimum absolute atomic E-state index is 0.0358. The van der Waals surface area contributed by atoms with Gasteiger partial charge < -0.3 is 9.84 Å². The van der Waals surface area contributed by atoms with E-state index in [0.29, 0.717) is 17.0 Å². The largest absolute Gasteiger partial charge is 0.418 e. The molecule has 0 saturated carbocycles. The van der Waals surface area contributed by atoms with Crippen molar-refractivity contribution in [2.24, 2.45) is 0 Å². The summed E-state index contributed by atoms with van der Waals surface area (Å²) in [5.41, 5.74) is -1.03. The average Bonchev–Trinajstić information content (AvgIpc) is 2.97. The minimum Gasteiger partial charge on any atom is -0.361 e. The number of nitrogens with zero attached hydrogens (tertiary/aromatic N) is 3. The zero-order valence-electron chi connectivity index (χ0n) is 15.8. The molecule has 3 rings (SSSR count). The summed E-state index contributed by atoms with van der Waals surface area (Å²) in [5, 5.41) is 10.2. The number of para-hydroxylation sites is 1. The number of rotatable bonds is 4. The van der Waals surface area contributed by atoms with Crippen LogP contribution in [-0.4, -0.2) is 20.8 Å². The number of benzene rings is 1. The lowest BCUT2D eigenvalue weighted by Crippen LogP contribution is -2.32. The summed E-state index contributed by atoms with van der Waals surface area (Å²) in [6.07, 6.45) is -4.63. The van der Waals surface area contributed by atoms with Gasteiger partial charge in [0.1, 0.15) is 5.76 Å². The second-order valence-corrected chi connectivity index (χ2v) is 6.41. The average molecular weight is 406 g/mol. The van der Waals surface area contributed by atoms with Crippen molar-refractivity contribution in [3.05, 3.63) is 74.5 Å². The van der Waals surface area contributed by atoms with Crippen molar-refractivity contribution < 1.29 is 22.5 Å². The van der Waals surface area contributed by atoms with Gasteiger partial charge in [0.25, 0.3) is 5.91 Å². The molecule has 29 heavy (non-hydrogen) atoms. The van der Waals surface area contributed by atoms with Crippen molar-refractivity contribution in [1.29, 1.82) is 0 Å². The highest BCUT2D eigenvalue weighted by molar-refractivity contribution is 5.92. The highest BCUT2D eigenvalue weighted by Gasteiger charge is 2.34. The number of halogens is 3. The predicted molar refractivity (Wildman–Crippen MR) is 96.7 cm³/mol. The van der Waals surface area contributed by atoms with E-state index in [0.717, 1.165) is 16.8 Å². The van der Waals surface area contributed by atoms with Gasteiger partial charge in [-0.2, -0.15) is 18.3 Å². The molecule has 7 nitrogen and oxygen atoms in total. The van der Waals surface area contributed by atoms with Crippen LogP contribution in [0, 0.1) is 20.8 Å². The summed E-state index contributed by atoms with van der Waals surface area (Å²) < 4.78 is 46.0. The monoisotopic (exact) mass is 406 g/mol. The van der Waals surface area contributed by atoms with Gasteiger partial charge in [0.15, 0.2) is 5.69 Å². The molecule has 3 aromatic rings. The number of aryl methyl sites for hydroxylation is 3. The van der Waals surface area contributed by atoms with Crippen molar-refractivity contribution in [3.8, 4) is 5.69 Å². The molecule has 2 heterocycles. The Kier molecular flexibility index (Phi) is 5.27. The molecule has 152 valence electrons. The summed E-state index contributed by atoms with van der Waals surface area (Å²) in [5.74, 6) is -0.301. The number of carbonyl (C=O) groups is 1. The van der Waals surface area contributed by atoms with Crippen molar-refractivity contribution in [1.82, 2.24) is 20.3 Å². The van der Waals surface area contributed by atoms with E-state index in [4.69, 9.17) is 4.52 Å². The van der Waals surface area contributed by atoms with E-state index in [1.165, 1.54) is 25.1 Å². The fourth-order valence-corrected chi connectivity index (χ4v) is 2.85. The van der Waals surface area contributed by atoms with E-state index in [9.17, 15) is 22.8 Å². The molecule has 0 fully saturated rings. The summed E-state index contributed by atoms with van der Waals surface area (Å²) >= 11 is 0. The van der Waals surface area contributed by atoms with E-state index in [1.54, 1.807) is 13.8 Å². The SMILES string of the molecule is Cc1noc(C)c1CNC(=O)c1nn(-c2ccccc2C(F)(F)F)c(C)cc1=O. The van der Waals surface area contributed by atoms with E-state index in [2.05, 4.69) is 15.6 Å². The zero-order chi connectivity index (χ0) is 21.3. The van der Waals surface area contributed by atoms with Crippen LogP contribution in [0.15, 0.2) is 39.6 Å². The van der Waals surface area contributed by atoms with Crippen molar-refractivity contribution in [2.75, 3.05) is 0 Å². The minimum atomic E-state index is -4.63. The Hall–Kier alpha value is -3.43. The van der Waals surface area contributed by atoms with Crippen LogP contribution in [0.25, 0.3) is 5.69 Å². The van der Waals surface area contributed by atoms with Crippen LogP contribution in [0.4, 0.5) is 13.2 Å². The first-order valence-corrected chi connectivity index (χ1v) is 8.57. The standard InChI is InChI=1S/C19H17F3N4O3/c1-10-8-16(27)17(18(28)23-9-13-11(2)25-29-12(13)3)24-26(10)15-7-5-4-6-14(15)19(20,21)22/h4-8H,9H2,1-3H3,(H,23,28). The van der Waals surface area contributed by atoms with Crippen molar-refractivity contribution in [2.45, 2.75) is 33.5 Å². The van der Waals surface area contributed by atoms with E-state index < -0.39 is 28.8 Å². The van der Waals surface area contributed by atoms with E-state index in [-0.39, 0.29) is 17.9 Å². The first-order chi connectivity index (χ1) is 13.6. The Morgan fingerprint density at radius 1 is 1.21 bits per heavy atom. The molecule has 1 N–H and O–H groups in total. The molecule has 1 amide bonds. The molecule has 0 aliphatic carbocycles. The van der Waals surface area contributed by atoms with Crippen LogP contribution in [0.3, 0.4) is 0 Å². The molecule has 1 aromatic carbocycles. The smallest absolute Gasteiger partial charge is 0.361 e. The molecule has 0 aliphatic heterocycles. The molecule has 0 aliphatic rings. The zero-order valence-corrected chi connectivity index (χ0v) is 15.8. The maximum absolute atomic E-state index is 13.4. The maximum Gasteiger partial charge on any atom is 0.418 e. The lowest BCUT2D eigenvalue weighted by atomic mass is 10.1. The van der Waals surface area contributed by atoms with Gasteiger partial charge in [-0.25, -0.2) is 4.68 Å². The first-order valence-electron chi connectivity index (χ1n) is 8.57. The van der Waals surface area contributed by atoms with Gasteiger partial charge in [0, 0.05) is 23.9 Å². The van der Waals surface area contributed by atoms with Gasteiger partial charge in [-0.15, -0.1) is 0 Å². The molecule has 10 heteroatoms. The number of aromatic nitrogens is 3. The quantitative estimate of drug-likeness (QED) is 0.719. The fraction of sp³-hybridized carbons (Fsp3) is 0.263. The number of carbonyl (C=O) groups excluding carboxylic acids is 1. The van der Waals surface area contributed by atoms with E-state index in [1.807, 2.05) is 0 Å². The number of nitrogens with one attached hydrogen (secondary N) is 1. The first kappa shape index (κ1) is 20.3. The third kappa shape index (κ3) is 4.05. The summed E-state index contributed by atoms with van der Waals surface area (Å²) in [4.78, 5) is 24.8. The number of amides is 1. The Labute approximate surface area is 163 Å². The molecule has 0 spiro atoms. The number of hydrogen-bond acceptors (Lipinski definition) is 5. The summed E-state index contributed by atoms with van der Waals surface area (Å²) in [7, 11) is 0. The Bertz CT molecular complexity index is 1110. The normalized spacial score (nSPS) is 11.5. The lowest BCUT2D eigenvalue weighted by molar-refractivity contribution is -0.137. The van der Waals surface area contributed by atoms with Crippen molar-refractivity contribution >= 4 is 5.91 Å². The molecule has 0 saturated heterocycles. The third-order valence-corrected chi connectivity index (χ3v) is 4.37. The molecule has 0 bridgehead atoms. The van der Waals surface area contributed by atoms with Crippen LogP contribution in [0.1, 0.15) is 38.8 Å². The molecule has 0 unspecified atom stereocenters. The summed E-state index contributed by atoms with van der Waals surface area (Å²) in [6.45, 7) is 4.84. The van der Waals surface area contributed by atoms with Gasteiger partial charge in [-0.1, -0.05) is 17.3 Å². The summed E-state index contributed by atoms with van der Waals surface area (Å²) in [6, 6.07) is 5.87. The molecular weight excluding hydrogens is 389 g/mol. The van der Waals surface area contributed by atoms with E-state index >= 15 is 0 Å². The van der Waals surface area contributed by atoms with Crippen LogP contribution >= 0.6 is 0 Å². The Morgan fingerprint density at radius 3 is 2.52 bits per heavy atom. The van der Waals surface area contributed by atoms with Gasteiger partial charge >= 0.3 is 6.18 Å². The maximum atomic E-state index is 13.4. The van der Waals surface area contributed by atoms with Gasteiger partial charge in [-0.05, 0) is 32.9 Å². The molecule has 0 atom stereocenters. The fourth-order valence-electron chi connectivity index (χ4n) is 2.85. The van der Waals surface area contributed by atoms with Crippen LogP contribution in [-0.2, 0) is 12.7 Å².